The minimum Gasteiger partial charge on any atom is -0.467 e. The van der Waals surface area contributed by atoms with Crippen molar-refractivity contribution in [1.29, 1.82) is 0 Å². The molecule has 1 aliphatic rings. The maximum Gasteiger partial charge on any atom is 0.411 e. The van der Waals surface area contributed by atoms with Gasteiger partial charge >= 0.3 is 12.1 Å². The molecule has 5 aromatic rings. The van der Waals surface area contributed by atoms with Crippen LogP contribution in [0.4, 0.5) is 32.0 Å². The summed E-state index contributed by atoms with van der Waals surface area (Å²) in [7, 11) is 2.63. The van der Waals surface area contributed by atoms with Gasteiger partial charge in [0.15, 0.2) is 0 Å². The Morgan fingerprint density at radius 2 is 1.78 bits per heavy atom. The van der Waals surface area contributed by atoms with E-state index in [0.29, 0.717) is 50.6 Å². The molecule has 0 bridgehead atoms. The summed E-state index contributed by atoms with van der Waals surface area (Å²) < 4.78 is 96.8. The number of anilines is 1. The predicted molar refractivity (Wildman–Crippen MR) is 176 cm³/mol. The normalized spacial score (nSPS) is 15.6. The van der Waals surface area contributed by atoms with Gasteiger partial charge in [0.1, 0.15) is 35.1 Å². The number of aromatic nitrogens is 2. The summed E-state index contributed by atoms with van der Waals surface area (Å²) in [6, 6.07) is 8.23. The summed E-state index contributed by atoms with van der Waals surface area (Å²) in [4.78, 5) is 45.0. The van der Waals surface area contributed by atoms with Crippen LogP contribution in [-0.2, 0) is 27.7 Å². The molecule has 0 spiro atoms. The van der Waals surface area contributed by atoms with Gasteiger partial charge in [-0.05, 0) is 54.4 Å². The monoisotopic (exact) mass is 712 g/mol. The van der Waals surface area contributed by atoms with Crippen LogP contribution in [0.5, 0.6) is 0 Å². The van der Waals surface area contributed by atoms with E-state index in [1.54, 1.807) is 38.2 Å². The molecule has 51 heavy (non-hydrogen) atoms. The van der Waals surface area contributed by atoms with E-state index in [9.17, 15) is 31.9 Å². The van der Waals surface area contributed by atoms with Crippen LogP contribution in [0.2, 0.25) is 0 Å². The number of hydrogen-bond donors (Lipinski definition) is 1. The molecule has 0 unspecified atom stereocenters. The molecule has 266 valence electrons. The Hall–Kier alpha value is -5.44. The maximum absolute atomic E-state index is 15.3. The molecule has 15 heteroatoms. The van der Waals surface area contributed by atoms with Crippen LogP contribution in [0.3, 0.4) is 0 Å². The molecule has 2 atom stereocenters. The van der Waals surface area contributed by atoms with Gasteiger partial charge < -0.3 is 24.3 Å². The molecule has 0 radical (unpaired) electrons. The maximum atomic E-state index is 15.3. The number of hydrogen-bond acceptors (Lipinski definition) is 7. The van der Waals surface area contributed by atoms with Gasteiger partial charge in [0.2, 0.25) is 0 Å². The van der Waals surface area contributed by atoms with Crippen molar-refractivity contribution in [2.45, 2.75) is 31.6 Å². The Kier molecular flexibility index (Phi) is 9.51. The van der Waals surface area contributed by atoms with Gasteiger partial charge in [0, 0.05) is 48.2 Å². The lowest BCUT2D eigenvalue weighted by molar-refractivity contribution is -0.167. The van der Waals surface area contributed by atoms with Gasteiger partial charge in [-0.3, -0.25) is 14.6 Å². The molecular formula is C36H30F6N4O5. The van der Waals surface area contributed by atoms with Gasteiger partial charge in [0.05, 0.1) is 36.9 Å². The molecule has 1 N–H and O–H groups in total. The molecule has 3 aromatic carbocycles. The van der Waals surface area contributed by atoms with Crippen molar-refractivity contribution in [3.05, 3.63) is 105 Å². The van der Waals surface area contributed by atoms with E-state index in [1.807, 2.05) is 0 Å². The molecule has 1 aliphatic heterocycles. The Balaban J connectivity index is 1.34. The quantitative estimate of drug-likeness (QED) is 0.169. The summed E-state index contributed by atoms with van der Waals surface area (Å²) in [6.45, 7) is 0.556. The number of ether oxygens (including phenoxy) is 2. The fraction of sp³-hybridized carbons (Fsp3) is 0.278. The SMILES string of the molecule is COC(=O)[C@H](Cc1ccc(-c2c(C)c3cc(F)ccc3n(C)c2=O)c2ncccc12)NC(=O)c1c(F)cc(N2CCOC[C@@H]2C(F)(F)F)cc1F. The van der Waals surface area contributed by atoms with Crippen LogP contribution >= 0.6 is 0 Å². The summed E-state index contributed by atoms with van der Waals surface area (Å²) in [5.74, 6) is -5.66. The van der Waals surface area contributed by atoms with Crippen molar-refractivity contribution in [3.8, 4) is 11.1 Å². The van der Waals surface area contributed by atoms with Crippen molar-refractivity contribution in [2.75, 3.05) is 31.8 Å². The molecule has 0 saturated carbocycles. The Bertz CT molecular complexity index is 2230. The summed E-state index contributed by atoms with van der Waals surface area (Å²) in [5.41, 5.74) is 0.652. The van der Waals surface area contributed by atoms with E-state index < -0.39 is 65.4 Å². The number of nitrogens with one attached hydrogen (secondary N) is 1. The van der Waals surface area contributed by atoms with Gasteiger partial charge in [0.25, 0.3) is 11.5 Å². The highest BCUT2D eigenvalue weighted by Crippen LogP contribution is 2.35. The number of aryl methyl sites for hydroxylation is 2. The second kappa shape index (κ2) is 13.7. The zero-order valence-electron chi connectivity index (χ0n) is 27.4. The molecule has 0 aliphatic carbocycles. The van der Waals surface area contributed by atoms with Crippen LogP contribution in [0.25, 0.3) is 32.9 Å². The Labute approximate surface area is 286 Å². The molecular weight excluding hydrogens is 682 g/mol. The second-order valence-corrected chi connectivity index (χ2v) is 12.1. The second-order valence-electron chi connectivity index (χ2n) is 12.1. The van der Waals surface area contributed by atoms with Crippen molar-refractivity contribution in [2.24, 2.45) is 7.05 Å². The number of halogens is 6. The first-order chi connectivity index (χ1) is 24.2. The van der Waals surface area contributed by atoms with Crippen molar-refractivity contribution < 1.29 is 45.4 Å². The summed E-state index contributed by atoms with van der Waals surface area (Å²) >= 11 is 0. The number of fused-ring (bicyclic) bond motifs is 2. The van der Waals surface area contributed by atoms with Crippen molar-refractivity contribution in [1.82, 2.24) is 14.9 Å². The lowest BCUT2D eigenvalue weighted by Gasteiger charge is -2.38. The number of carbonyl (C=O) groups is 2. The molecule has 1 saturated heterocycles. The number of methoxy groups -OCH3 is 1. The van der Waals surface area contributed by atoms with Gasteiger partial charge in [-0.25, -0.2) is 18.0 Å². The van der Waals surface area contributed by atoms with Crippen molar-refractivity contribution >= 4 is 39.4 Å². The summed E-state index contributed by atoms with van der Waals surface area (Å²) in [5, 5.41) is 3.29. The van der Waals surface area contributed by atoms with Crippen LogP contribution < -0.4 is 15.8 Å². The van der Waals surface area contributed by atoms with Crippen LogP contribution in [0, 0.1) is 24.4 Å². The zero-order valence-corrected chi connectivity index (χ0v) is 27.4. The highest BCUT2D eigenvalue weighted by Gasteiger charge is 2.46. The molecule has 2 aromatic heterocycles. The zero-order chi connectivity index (χ0) is 36.8. The highest BCUT2D eigenvalue weighted by atomic mass is 19.4. The Morgan fingerprint density at radius 3 is 2.47 bits per heavy atom. The predicted octanol–water partition coefficient (Wildman–Crippen LogP) is 5.76. The van der Waals surface area contributed by atoms with E-state index in [-0.39, 0.29) is 30.7 Å². The lowest BCUT2D eigenvalue weighted by atomic mass is 9.92. The Morgan fingerprint density at radius 1 is 1.06 bits per heavy atom. The number of morpholine rings is 1. The average Bonchev–Trinajstić information content (AvgIpc) is 3.10. The third-order valence-electron chi connectivity index (χ3n) is 9.05. The molecule has 3 heterocycles. The standard InChI is InChI=1S/C36H30F6N4O5/c1-18-24-14-20(37)7-9-28(24)45(2)34(48)30(18)23-8-6-19(22-5-4-10-43-32(22)23)13-27(35(49)50-3)44-33(47)31-25(38)15-21(16-26(31)39)46-11-12-51-17-29(46)36(40,41)42/h4-10,14-16,27,29H,11-13,17H2,1-3H3,(H,44,47)/t27-,29+/m0/s1. The number of carbonyl (C=O) groups excluding carboxylic acids is 2. The fourth-order valence-corrected chi connectivity index (χ4v) is 6.51. The van der Waals surface area contributed by atoms with Crippen LogP contribution in [0.15, 0.2) is 65.6 Å². The first-order valence-corrected chi connectivity index (χ1v) is 15.7. The van der Waals surface area contributed by atoms with Crippen LogP contribution in [0.1, 0.15) is 21.5 Å². The van der Waals surface area contributed by atoms with Gasteiger partial charge in [-0.1, -0.05) is 18.2 Å². The first kappa shape index (κ1) is 35.4. The third-order valence-corrected chi connectivity index (χ3v) is 9.05. The molecule has 1 fully saturated rings. The largest absolute Gasteiger partial charge is 0.467 e. The van der Waals surface area contributed by atoms with E-state index in [2.05, 4.69) is 10.3 Å². The number of rotatable bonds is 7. The van der Waals surface area contributed by atoms with Crippen LogP contribution in [-0.4, -0.2) is 66.6 Å². The number of esters is 1. The van der Waals surface area contributed by atoms with E-state index in [4.69, 9.17) is 9.47 Å². The number of benzene rings is 3. The average molecular weight is 713 g/mol. The molecule has 1 amide bonds. The smallest absolute Gasteiger partial charge is 0.411 e. The van der Waals surface area contributed by atoms with E-state index in [0.717, 1.165) is 12.0 Å². The van der Waals surface area contributed by atoms with Gasteiger partial charge in [-0.15, -0.1) is 0 Å². The molecule has 9 nitrogen and oxygen atoms in total. The van der Waals surface area contributed by atoms with Gasteiger partial charge in [-0.2, -0.15) is 13.2 Å². The molecule has 6 rings (SSSR count). The highest BCUT2D eigenvalue weighted by molar-refractivity contribution is 6.00. The number of amides is 1. The topological polar surface area (TPSA) is 103 Å². The van der Waals surface area contributed by atoms with Crippen molar-refractivity contribution in [3.63, 3.8) is 0 Å². The third kappa shape index (κ3) is 6.60. The van der Waals surface area contributed by atoms with E-state index >= 15 is 8.78 Å². The number of alkyl halides is 3. The minimum absolute atomic E-state index is 0.109. The fourth-order valence-electron chi connectivity index (χ4n) is 6.51. The lowest BCUT2D eigenvalue weighted by Crippen LogP contribution is -2.53. The first-order valence-electron chi connectivity index (χ1n) is 15.7. The summed E-state index contributed by atoms with van der Waals surface area (Å²) in [6.07, 6.45) is -3.50. The number of pyridine rings is 2. The minimum atomic E-state index is -4.75. The van der Waals surface area contributed by atoms with E-state index in [1.165, 1.54) is 29.0 Å². The number of nitrogens with zero attached hydrogens (tertiary/aromatic N) is 3.